The van der Waals surface area contributed by atoms with E-state index in [0.717, 1.165) is 6.54 Å². The number of hydrogen-bond donors (Lipinski definition) is 1. The molecule has 0 saturated carbocycles. The van der Waals surface area contributed by atoms with Crippen LogP contribution in [0.15, 0.2) is 16.8 Å². The van der Waals surface area contributed by atoms with Gasteiger partial charge in [-0.1, -0.05) is 6.92 Å². The Morgan fingerprint density at radius 2 is 2.38 bits per heavy atom. The Hall–Kier alpha value is -0.870. The predicted octanol–water partition coefficient (Wildman–Crippen LogP) is 2.09. The molecule has 0 spiro atoms. The molecule has 0 fully saturated rings. The molecule has 90 valence electrons. The summed E-state index contributed by atoms with van der Waals surface area (Å²) in [7, 11) is 1.86. The molecule has 0 aliphatic heterocycles. The third-order valence-electron chi connectivity index (χ3n) is 2.46. The maximum atomic E-state index is 11.8. The summed E-state index contributed by atoms with van der Waals surface area (Å²) in [6.45, 7) is 5.71. The number of thiophene rings is 1. The number of amides is 1. The first kappa shape index (κ1) is 13.2. The van der Waals surface area contributed by atoms with Gasteiger partial charge in [-0.15, -0.1) is 0 Å². The van der Waals surface area contributed by atoms with Gasteiger partial charge < -0.3 is 10.2 Å². The molecule has 0 aromatic carbocycles. The van der Waals surface area contributed by atoms with E-state index in [1.807, 2.05) is 19.4 Å². The molecule has 0 aliphatic rings. The molecule has 1 aromatic rings. The van der Waals surface area contributed by atoms with Crippen LogP contribution in [0, 0.1) is 0 Å². The third-order valence-corrected chi connectivity index (χ3v) is 3.19. The van der Waals surface area contributed by atoms with E-state index in [1.54, 1.807) is 16.2 Å². The molecule has 1 N–H and O–H groups in total. The Kier molecular flexibility index (Phi) is 5.49. The van der Waals surface area contributed by atoms with Crippen LogP contribution in [0.1, 0.15) is 25.8 Å². The van der Waals surface area contributed by atoms with Crippen LogP contribution in [0.2, 0.25) is 0 Å². The van der Waals surface area contributed by atoms with E-state index in [9.17, 15) is 4.79 Å². The van der Waals surface area contributed by atoms with Crippen molar-refractivity contribution in [2.24, 2.45) is 0 Å². The van der Waals surface area contributed by atoms with Crippen molar-refractivity contribution in [1.82, 2.24) is 10.2 Å². The Morgan fingerprint density at radius 1 is 1.62 bits per heavy atom. The van der Waals surface area contributed by atoms with Crippen LogP contribution in [0.3, 0.4) is 0 Å². The minimum atomic E-state index is 0.194. The fraction of sp³-hybridized carbons (Fsp3) is 0.583. The molecule has 1 rings (SSSR count). The van der Waals surface area contributed by atoms with Gasteiger partial charge in [0.05, 0.1) is 0 Å². The highest BCUT2D eigenvalue weighted by Crippen LogP contribution is 2.09. The zero-order valence-electron chi connectivity index (χ0n) is 10.2. The van der Waals surface area contributed by atoms with Crippen molar-refractivity contribution in [3.63, 3.8) is 0 Å². The molecule has 0 aliphatic carbocycles. The number of rotatable bonds is 6. The fourth-order valence-corrected chi connectivity index (χ4v) is 2.24. The van der Waals surface area contributed by atoms with Gasteiger partial charge in [0.25, 0.3) is 0 Å². The Morgan fingerprint density at radius 3 is 2.94 bits per heavy atom. The summed E-state index contributed by atoms with van der Waals surface area (Å²) in [5.74, 6) is 0.194. The summed E-state index contributed by atoms with van der Waals surface area (Å²) in [5.41, 5.74) is 1.21. The normalized spacial score (nSPS) is 12.4. The van der Waals surface area contributed by atoms with Gasteiger partial charge in [0.15, 0.2) is 0 Å². The molecule has 0 bridgehead atoms. The maximum absolute atomic E-state index is 11.8. The minimum absolute atomic E-state index is 0.194. The molecular weight excluding hydrogens is 220 g/mol. The first-order valence-corrected chi connectivity index (χ1v) is 6.56. The molecule has 0 radical (unpaired) electrons. The van der Waals surface area contributed by atoms with Crippen LogP contribution in [0.4, 0.5) is 0 Å². The lowest BCUT2D eigenvalue weighted by Crippen LogP contribution is -2.34. The van der Waals surface area contributed by atoms with Crippen molar-refractivity contribution in [2.75, 3.05) is 13.6 Å². The lowest BCUT2D eigenvalue weighted by molar-refractivity contribution is -0.130. The van der Waals surface area contributed by atoms with Crippen LogP contribution in [0.25, 0.3) is 0 Å². The van der Waals surface area contributed by atoms with E-state index < -0.39 is 0 Å². The Balaban J connectivity index is 2.36. The molecule has 3 nitrogen and oxygen atoms in total. The fourth-order valence-electron chi connectivity index (χ4n) is 1.58. The van der Waals surface area contributed by atoms with Crippen molar-refractivity contribution < 1.29 is 4.79 Å². The molecule has 1 heterocycles. The number of carbonyl (C=O) groups excluding carboxylic acids is 1. The van der Waals surface area contributed by atoms with Gasteiger partial charge in [0, 0.05) is 26.1 Å². The molecule has 4 heteroatoms. The lowest BCUT2D eigenvalue weighted by Gasteiger charge is -2.19. The monoisotopic (exact) mass is 240 g/mol. The number of carbonyl (C=O) groups is 1. The first-order chi connectivity index (χ1) is 7.63. The van der Waals surface area contributed by atoms with E-state index >= 15 is 0 Å². The molecule has 1 unspecified atom stereocenters. The standard InChI is InChI=1S/C12H20N2OS/c1-4-13-10(2)7-12(15)14(3)8-11-5-6-16-9-11/h5-6,9-10,13H,4,7-8H2,1-3H3. The maximum Gasteiger partial charge on any atom is 0.224 e. The van der Waals surface area contributed by atoms with Crippen LogP contribution in [0.5, 0.6) is 0 Å². The molecular formula is C12H20N2OS. The van der Waals surface area contributed by atoms with Crippen molar-refractivity contribution in [1.29, 1.82) is 0 Å². The van der Waals surface area contributed by atoms with E-state index in [1.165, 1.54) is 5.56 Å². The van der Waals surface area contributed by atoms with Gasteiger partial charge in [-0.3, -0.25) is 4.79 Å². The lowest BCUT2D eigenvalue weighted by atomic mass is 10.2. The van der Waals surface area contributed by atoms with Gasteiger partial charge in [0.2, 0.25) is 5.91 Å². The van der Waals surface area contributed by atoms with E-state index in [0.29, 0.717) is 13.0 Å². The highest BCUT2D eigenvalue weighted by Gasteiger charge is 2.12. The van der Waals surface area contributed by atoms with Crippen molar-refractivity contribution in [3.05, 3.63) is 22.4 Å². The van der Waals surface area contributed by atoms with Crippen molar-refractivity contribution in [2.45, 2.75) is 32.9 Å². The van der Waals surface area contributed by atoms with E-state index in [2.05, 4.69) is 23.7 Å². The average molecular weight is 240 g/mol. The predicted molar refractivity (Wildman–Crippen MR) is 68.5 cm³/mol. The van der Waals surface area contributed by atoms with Gasteiger partial charge in [-0.25, -0.2) is 0 Å². The second kappa shape index (κ2) is 6.66. The largest absolute Gasteiger partial charge is 0.341 e. The smallest absolute Gasteiger partial charge is 0.224 e. The minimum Gasteiger partial charge on any atom is -0.341 e. The molecule has 0 saturated heterocycles. The SMILES string of the molecule is CCNC(C)CC(=O)N(C)Cc1ccsc1. The third kappa shape index (κ3) is 4.33. The summed E-state index contributed by atoms with van der Waals surface area (Å²) >= 11 is 1.67. The average Bonchev–Trinajstić information content (AvgIpc) is 2.70. The highest BCUT2D eigenvalue weighted by molar-refractivity contribution is 7.07. The number of hydrogen-bond acceptors (Lipinski definition) is 3. The second-order valence-electron chi connectivity index (χ2n) is 4.04. The van der Waals surface area contributed by atoms with Gasteiger partial charge in [-0.2, -0.15) is 11.3 Å². The molecule has 1 amide bonds. The molecule has 16 heavy (non-hydrogen) atoms. The van der Waals surface area contributed by atoms with Crippen LogP contribution < -0.4 is 5.32 Å². The first-order valence-electron chi connectivity index (χ1n) is 5.62. The summed E-state index contributed by atoms with van der Waals surface area (Å²) in [6, 6.07) is 2.31. The van der Waals surface area contributed by atoms with Gasteiger partial charge in [0.1, 0.15) is 0 Å². The summed E-state index contributed by atoms with van der Waals surface area (Å²) in [5, 5.41) is 7.36. The van der Waals surface area contributed by atoms with Crippen molar-refractivity contribution in [3.8, 4) is 0 Å². The Labute approximate surface area is 101 Å². The Bertz CT molecular complexity index is 311. The van der Waals surface area contributed by atoms with Crippen molar-refractivity contribution >= 4 is 17.2 Å². The second-order valence-corrected chi connectivity index (χ2v) is 4.82. The summed E-state index contributed by atoms with van der Waals surface area (Å²) in [6.07, 6.45) is 0.564. The van der Waals surface area contributed by atoms with E-state index in [4.69, 9.17) is 0 Å². The topological polar surface area (TPSA) is 32.3 Å². The highest BCUT2D eigenvalue weighted by atomic mass is 32.1. The number of nitrogens with zero attached hydrogens (tertiary/aromatic N) is 1. The van der Waals surface area contributed by atoms with Crippen LogP contribution in [-0.2, 0) is 11.3 Å². The van der Waals surface area contributed by atoms with Crippen LogP contribution in [-0.4, -0.2) is 30.4 Å². The van der Waals surface area contributed by atoms with Gasteiger partial charge in [-0.05, 0) is 35.9 Å². The van der Waals surface area contributed by atoms with Gasteiger partial charge >= 0.3 is 0 Å². The molecule has 1 aromatic heterocycles. The summed E-state index contributed by atoms with van der Waals surface area (Å²) < 4.78 is 0. The summed E-state index contributed by atoms with van der Waals surface area (Å²) in [4.78, 5) is 13.6. The van der Waals surface area contributed by atoms with Crippen LogP contribution >= 0.6 is 11.3 Å². The quantitative estimate of drug-likeness (QED) is 0.826. The molecule has 1 atom stereocenters. The zero-order chi connectivity index (χ0) is 12.0. The number of nitrogens with one attached hydrogen (secondary N) is 1. The zero-order valence-corrected chi connectivity index (χ0v) is 11.0. The van der Waals surface area contributed by atoms with E-state index in [-0.39, 0.29) is 11.9 Å².